The van der Waals surface area contributed by atoms with E-state index in [1.807, 2.05) is 0 Å². The number of tetrazole rings is 1. The molecule has 254 valence electrons. The molecule has 2 aromatic carbocycles. The number of ether oxygens (including phenoxy) is 2. The maximum Gasteiger partial charge on any atom is 0.415 e. The number of carbonyl (C=O) groups is 6. The highest BCUT2D eigenvalue weighted by atomic mass is 16.6. The Kier molecular flexibility index (Phi) is 11.4. The fourth-order valence-corrected chi connectivity index (χ4v) is 4.79. The number of hydrogen-bond acceptors (Lipinski definition) is 11. The largest absolute Gasteiger partial charge is 0.465 e. The van der Waals surface area contributed by atoms with Crippen LogP contribution in [0.25, 0.3) is 0 Å². The number of imide groups is 2. The lowest BCUT2D eigenvalue weighted by Crippen LogP contribution is -2.56. The van der Waals surface area contributed by atoms with Crippen LogP contribution in [0.1, 0.15) is 50.6 Å². The molecule has 0 aliphatic carbocycles. The second-order valence-corrected chi connectivity index (χ2v) is 11.8. The lowest BCUT2D eigenvalue weighted by Gasteiger charge is -2.30. The number of amides is 6. The normalized spacial score (nSPS) is 15.1. The summed E-state index contributed by atoms with van der Waals surface area (Å²) in [5.41, 5.74) is 0.440. The monoisotopic (exact) mass is 664 g/mol. The van der Waals surface area contributed by atoms with Gasteiger partial charge >= 0.3 is 24.2 Å². The first-order valence-corrected chi connectivity index (χ1v) is 14.9. The molecule has 0 spiro atoms. The van der Waals surface area contributed by atoms with E-state index >= 15 is 0 Å². The van der Waals surface area contributed by atoms with Crippen LogP contribution in [0, 0.1) is 0 Å². The van der Waals surface area contributed by atoms with Gasteiger partial charge in [0.15, 0.2) is 5.82 Å². The zero-order chi connectivity index (χ0) is 34.8. The van der Waals surface area contributed by atoms with Crippen molar-refractivity contribution in [2.75, 3.05) is 6.54 Å². The van der Waals surface area contributed by atoms with Gasteiger partial charge < -0.3 is 24.8 Å². The number of alkyl carbamates (subject to hydrolysis) is 1. The SMILES string of the molecule is CC(C)(C)OC(=O)N[C@@H](CCC(=O)OCc1ccccc1)C(=O)N1C(=O)N(C(=O)O)CC1C(=O)N(Cc1ccccc1)Cc1nn[nH]n1. The highest BCUT2D eigenvalue weighted by molar-refractivity contribution is 6.08. The number of carboxylic acid groups (broad SMARTS) is 1. The molecule has 1 aromatic heterocycles. The Bertz CT molecular complexity index is 1600. The molecule has 17 heteroatoms. The van der Waals surface area contributed by atoms with Crippen molar-refractivity contribution >= 4 is 36.0 Å². The molecule has 3 aromatic rings. The molecular weight excluding hydrogens is 628 g/mol. The Hall–Kier alpha value is -5.87. The van der Waals surface area contributed by atoms with E-state index in [1.54, 1.807) is 81.4 Å². The Labute approximate surface area is 275 Å². The van der Waals surface area contributed by atoms with Crippen LogP contribution in [0.4, 0.5) is 14.4 Å². The van der Waals surface area contributed by atoms with E-state index in [2.05, 4.69) is 25.9 Å². The Balaban J connectivity index is 1.60. The maximum atomic E-state index is 14.1. The molecular formula is C31H36N8O9. The van der Waals surface area contributed by atoms with Crippen LogP contribution in [-0.4, -0.2) is 101 Å². The van der Waals surface area contributed by atoms with Crippen molar-refractivity contribution in [3.63, 3.8) is 0 Å². The second-order valence-electron chi connectivity index (χ2n) is 11.8. The number of H-pyrrole nitrogens is 1. The van der Waals surface area contributed by atoms with E-state index in [0.29, 0.717) is 15.4 Å². The van der Waals surface area contributed by atoms with Gasteiger partial charge in [0.2, 0.25) is 5.91 Å². The van der Waals surface area contributed by atoms with Crippen molar-refractivity contribution < 1.29 is 43.3 Å². The first-order chi connectivity index (χ1) is 22.8. The molecule has 48 heavy (non-hydrogen) atoms. The average molecular weight is 665 g/mol. The molecule has 1 unspecified atom stereocenters. The van der Waals surface area contributed by atoms with Gasteiger partial charge in [-0.15, -0.1) is 10.2 Å². The number of aromatic nitrogens is 4. The minimum Gasteiger partial charge on any atom is -0.465 e. The van der Waals surface area contributed by atoms with Crippen LogP contribution in [0.15, 0.2) is 60.7 Å². The van der Waals surface area contributed by atoms with Crippen molar-refractivity contribution in [3.05, 3.63) is 77.6 Å². The topological polar surface area (TPSA) is 217 Å². The fourth-order valence-electron chi connectivity index (χ4n) is 4.79. The molecule has 1 saturated heterocycles. The molecule has 1 aliphatic rings. The van der Waals surface area contributed by atoms with E-state index in [4.69, 9.17) is 9.47 Å². The van der Waals surface area contributed by atoms with Gasteiger partial charge in [-0.2, -0.15) is 5.21 Å². The Morgan fingerprint density at radius 2 is 1.67 bits per heavy atom. The van der Waals surface area contributed by atoms with Gasteiger partial charge in [-0.25, -0.2) is 24.2 Å². The van der Waals surface area contributed by atoms with Crippen LogP contribution in [0.5, 0.6) is 0 Å². The van der Waals surface area contributed by atoms with Gasteiger partial charge in [-0.3, -0.25) is 14.4 Å². The van der Waals surface area contributed by atoms with Crippen molar-refractivity contribution in [3.8, 4) is 0 Å². The first kappa shape index (κ1) is 35.0. The number of urea groups is 1. The summed E-state index contributed by atoms with van der Waals surface area (Å²) in [6, 6.07) is 13.1. The molecule has 2 atom stereocenters. The predicted molar refractivity (Wildman–Crippen MR) is 164 cm³/mol. The van der Waals surface area contributed by atoms with Crippen molar-refractivity contribution in [2.45, 2.75) is 71.0 Å². The molecule has 2 heterocycles. The lowest BCUT2D eigenvalue weighted by atomic mass is 10.1. The third kappa shape index (κ3) is 9.57. The van der Waals surface area contributed by atoms with E-state index in [1.165, 1.54) is 4.90 Å². The molecule has 1 fully saturated rings. The number of aromatic amines is 1. The zero-order valence-electron chi connectivity index (χ0n) is 26.6. The summed E-state index contributed by atoms with van der Waals surface area (Å²) in [5, 5.41) is 25.7. The number of esters is 1. The number of benzene rings is 2. The number of rotatable bonds is 12. The number of nitrogens with one attached hydrogen (secondary N) is 2. The molecule has 17 nitrogen and oxygen atoms in total. The number of nitrogens with zero attached hydrogens (tertiary/aromatic N) is 6. The summed E-state index contributed by atoms with van der Waals surface area (Å²) in [5.74, 6) is -2.50. The van der Waals surface area contributed by atoms with Crippen LogP contribution in [-0.2, 0) is 43.6 Å². The van der Waals surface area contributed by atoms with Gasteiger partial charge in [-0.05, 0) is 38.3 Å². The molecule has 0 saturated carbocycles. The summed E-state index contributed by atoms with van der Waals surface area (Å²) in [4.78, 5) is 81.2. The molecule has 0 radical (unpaired) electrons. The van der Waals surface area contributed by atoms with Gasteiger partial charge in [0, 0.05) is 13.0 Å². The van der Waals surface area contributed by atoms with Crippen LogP contribution >= 0.6 is 0 Å². The third-order valence-electron chi connectivity index (χ3n) is 6.98. The van der Waals surface area contributed by atoms with E-state index in [0.717, 1.165) is 5.56 Å². The highest BCUT2D eigenvalue weighted by Crippen LogP contribution is 2.23. The fraction of sp³-hybridized carbons (Fsp3) is 0.387. The summed E-state index contributed by atoms with van der Waals surface area (Å²) >= 11 is 0. The van der Waals surface area contributed by atoms with Gasteiger partial charge in [0.1, 0.15) is 24.3 Å². The molecule has 4 rings (SSSR count). The molecule has 6 amide bonds. The standard InChI is InChI=1S/C31H36N8O9/c1-31(2,3)48-28(43)32-22(14-15-25(40)47-19-21-12-8-5-9-13-21)26(41)39-23(17-38(29(39)44)30(45)46)27(42)37(18-24-33-35-36-34-24)16-20-10-6-4-7-11-20/h4-13,22-23H,14-19H2,1-3H3,(H,32,43)(H,45,46)(H,33,34,35,36)/t22-,23?/m0/s1. The summed E-state index contributed by atoms with van der Waals surface area (Å²) in [6.07, 6.45) is -3.46. The summed E-state index contributed by atoms with van der Waals surface area (Å²) < 4.78 is 10.6. The third-order valence-corrected chi connectivity index (χ3v) is 6.98. The number of hydrogen-bond donors (Lipinski definition) is 3. The summed E-state index contributed by atoms with van der Waals surface area (Å²) in [7, 11) is 0. The smallest absolute Gasteiger partial charge is 0.415 e. The highest BCUT2D eigenvalue weighted by Gasteiger charge is 2.50. The minimum atomic E-state index is -1.69. The summed E-state index contributed by atoms with van der Waals surface area (Å²) in [6.45, 7) is 3.85. The first-order valence-electron chi connectivity index (χ1n) is 14.9. The predicted octanol–water partition coefficient (Wildman–Crippen LogP) is 2.46. The maximum absolute atomic E-state index is 14.1. The molecule has 0 bridgehead atoms. The number of carbonyl (C=O) groups excluding carboxylic acids is 5. The Morgan fingerprint density at radius 1 is 1.02 bits per heavy atom. The van der Waals surface area contributed by atoms with Crippen molar-refractivity contribution in [1.29, 1.82) is 0 Å². The van der Waals surface area contributed by atoms with Crippen LogP contribution in [0.3, 0.4) is 0 Å². The van der Waals surface area contributed by atoms with Crippen LogP contribution < -0.4 is 5.32 Å². The minimum absolute atomic E-state index is 0.0130. The van der Waals surface area contributed by atoms with E-state index < -0.39 is 60.2 Å². The quantitative estimate of drug-likeness (QED) is 0.238. The van der Waals surface area contributed by atoms with Crippen molar-refractivity contribution in [1.82, 2.24) is 40.6 Å². The van der Waals surface area contributed by atoms with E-state index in [9.17, 15) is 33.9 Å². The van der Waals surface area contributed by atoms with Crippen molar-refractivity contribution in [2.24, 2.45) is 0 Å². The zero-order valence-corrected chi connectivity index (χ0v) is 26.6. The van der Waals surface area contributed by atoms with Gasteiger partial charge in [0.05, 0.1) is 13.1 Å². The average Bonchev–Trinajstić information content (AvgIpc) is 3.68. The Morgan fingerprint density at radius 3 is 2.25 bits per heavy atom. The lowest BCUT2D eigenvalue weighted by molar-refractivity contribution is -0.146. The van der Waals surface area contributed by atoms with Crippen LogP contribution in [0.2, 0.25) is 0 Å². The second kappa shape index (κ2) is 15.6. The molecule has 3 N–H and O–H groups in total. The van der Waals surface area contributed by atoms with Gasteiger partial charge in [-0.1, -0.05) is 65.9 Å². The van der Waals surface area contributed by atoms with E-state index in [-0.39, 0.29) is 38.4 Å². The molecule has 1 aliphatic heterocycles. The van der Waals surface area contributed by atoms with Gasteiger partial charge in [0.25, 0.3) is 5.91 Å².